The van der Waals surface area contributed by atoms with Crippen LogP contribution < -0.4 is 26.2 Å². The summed E-state index contributed by atoms with van der Waals surface area (Å²) in [6.07, 6.45) is 0. The van der Waals surface area contributed by atoms with E-state index in [2.05, 4.69) is 322 Å². The van der Waals surface area contributed by atoms with E-state index in [0.29, 0.717) is 5.82 Å². The van der Waals surface area contributed by atoms with Gasteiger partial charge >= 0.3 is 0 Å². The van der Waals surface area contributed by atoms with Crippen LogP contribution in [0.15, 0.2) is 188 Å². The van der Waals surface area contributed by atoms with Gasteiger partial charge in [-0.2, -0.15) is 0 Å². The minimum absolute atomic E-state index is 0.0971. The van der Waals surface area contributed by atoms with Crippen molar-refractivity contribution in [1.29, 1.82) is 0 Å². The van der Waals surface area contributed by atoms with Gasteiger partial charge in [0.25, 0.3) is 6.71 Å². The summed E-state index contributed by atoms with van der Waals surface area (Å²) in [6.45, 7) is 42.1. The molecule has 0 bridgehead atoms. The van der Waals surface area contributed by atoms with Gasteiger partial charge in [0.2, 0.25) is 0 Å². The normalized spacial score (nSPS) is 13.9. The third kappa shape index (κ3) is 9.81. The van der Waals surface area contributed by atoms with Crippen molar-refractivity contribution in [3.8, 4) is 22.6 Å². The first-order valence-electron chi connectivity index (χ1n) is 32.3. The summed E-state index contributed by atoms with van der Waals surface area (Å²) in [5.41, 5.74) is 21.7. The number of nitrogens with zero attached hydrogens (tertiary/aromatic N) is 4. The Kier molecular flexibility index (Phi) is 13.1. The predicted molar refractivity (Wildman–Crippen MR) is 387 cm³/mol. The van der Waals surface area contributed by atoms with Crippen molar-refractivity contribution < 1.29 is 0 Å². The summed E-state index contributed by atoms with van der Waals surface area (Å²) < 4.78 is 0. The maximum atomic E-state index is 5.94. The second kappa shape index (κ2) is 20.0. The molecule has 0 amide bonds. The topological polar surface area (TPSA) is 32.3 Å². The van der Waals surface area contributed by atoms with Gasteiger partial charge in [0, 0.05) is 61.4 Å². The number of fused-ring (bicyclic) bond motifs is 13. The maximum absolute atomic E-state index is 5.94. The first-order chi connectivity index (χ1) is 41.9. The number of hydrogen-bond acceptors (Lipinski definition) is 4. The predicted octanol–water partition coefficient (Wildman–Crippen LogP) is 21.4. The third-order valence-electron chi connectivity index (χ3n) is 19.4. The zero-order valence-electron chi connectivity index (χ0n) is 55.8. The van der Waals surface area contributed by atoms with Gasteiger partial charge in [-0.15, -0.1) is 0 Å². The Morgan fingerprint density at radius 1 is 0.303 bits per heavy atom. The van der Waals surface area contributed by atoms with Crippen molar-refractivity contribution in [2.45, 2.75) is 157 Å². The highest BCUT2D eigenvalue weighted by atomic mass is 15.2. The summed E-state index contributed by atoms with van der Waals surface area (Å²) in [4.78, 5) is 17.0. The monoisotopic (exact) mass is 1160 g/mol. The molecule has 0 saturated carbocycles. The van der Waals surface area contributed by atoms with Gasteiger partial charge in [0.1, 0.15) is 0 Å². The second-order valence-corrected chi connectivity index (χ2v) is 32.1. The number of benzene rings is 11. The quantitative estimate of drug-likeness (QED) is 0.130. The van der Waals surface area contributed by atoms with Gasteiger partial charge in [-0.3, -0.25) is 0 Å². The summed E-state index contributed by atoms with van der Waals surface area (Å²) >= 11 is 0. The van der Waals surface area contributed by atoms with Crippen LogP contribution in [0, 0.1) is 0 Å². The second-order valence-electron chi connectivity index (χ2n) is 32.1. The molecular weight excluding hydrogens is 1080 g/mol. The van der Waals surface area contributed by atoms with Gasteiger partial charge in [0.05, 0.1) is 11.2 Å². The SMILES string of the molecule is CC(C)(C)c1cc(-c2nc(-c3cc4c5c(c3)N(c3cc(C(C)(C)C)cc(C(C)(C)C)c3)c3c(ccc6c3ccc3ccccc36)B5c3ccc5c(ccc6ccccc65)c3N4c3cc(C(C)(C)C)cc(C(C)(C)C)c3)nc3ccccc23)cc(C(C)(C)C)c1. The Bertz CT molecular complexity index is 4600. The molecule has 14 rings (SSSR count). The Morgan fingerprint density at radius 2 is 0.663 bits per heavy atom. The number of rotatable bonds is 4. The molecule has 5 heteroatoms. The molecule has 3 heterocycles. The average molecular weight is 1160 g/mol. The van der Waals surface area contributed by atoms with E-state index in [9.17, 15) is 0 Å². The zero-order chi connectivity index (χ0) is 62.8. The average Bonchev–Trinajstić information content (AvgIpc) is 0.690. The van der Waals surface area contributed by atoms with Crippen molar-refractivity contribution in [2.75, 3.05) is 9.80 Å². The van der Waals surface area contributed by atoms with E-state index in [1.165, 1.54) is 104 Å². The van der Waals surface area contributed by atoms with Crippen LogP contribution in [0.3, 0.4) is 0 Å². The van der Waals surface area contributed by atoms with Crippen LogP contribution in [0.5, 0.6) is 0 Å². The number of anilines is 6. The van der Waals surface area contributed by atoms with Crippen molar-refractivity contribution in [2.24, 2.45) is 0 Å². The van der Waals surface area contributed by atoms with Crippen molar-refractivity contribution in [3.05, 3.63) is 221 Å². The Hall–Kier alpha value is -8.54. The molecule has 2 aliphatic rings. The van der Waals surface area contributed by atoms with E-state index in [0.717, 1.165) is 50.5 Å². The third-order valence-corrected chi connectivity index (χ3v) is 19.4. The molecule has 0 spiro atoms. The minimum atomic E-state index is -0.164. The molecule has 12 aromatic rings. The molecule has 1 aromatic heterocycles. The van der Waals surface area contributed by atoms with E-state index in [1.807, 2.05) is 0 Å². The van der Waals surface area contributed by atoms with Crippen LogP contribution in [-0.2, 0) is 32.5 Å². The summed E-state index contributed by atoms with van der Waals surface area (Å²) in [7, 11) is 0. The van der Waals surface area contributed by atoms with Gasteiger partial charge in [-0.1, -0.05) is 258 Å². The lowest BCUT2D eigenvalue weighted by atomic mass is 9.33. The summed E-state index contributed by atoms with van der Waals surface area (Å²) in [5.74, 6) is 0.690. The highest BCUT2D eigenvalue weighted by Gasteiger charge is 2.46. The maximum Gasteiger partial charge on any atom is 0.252 e. The lowest BCUT2D eigenvalue weighted by Gasteiger charge is -2.46. The molecular formula is C84H85BN4. The van der Waals surface area contributed by atoms with Gasteiger partial charge in [-0.25, -0.2) is 9.97 Å². The van der Waals surface area contributed by atoms with Gasteiger partial charge in [-0.05, 0) is 169 Å². The van der Waals surface area contributed by atoms with E-state index in [-0.39, 0.29) is 39.2 Å². The van der Waals surface area contributed by atoms with Crippen LogP contribution in [0.4, 0.5) is 34.1 Å². The molecule has 11 aromatic carbocycles. The molecule has 0 aliphatic carbocycles. The summed E-state index contributed by atoms with van der Waals surface area (Å²) in [5, 5.41) is 10.9. The van der Waals surface area contributed by atoms with E-state index >= 15 is 0 Å². The lowest BCUT2D eigenvalue weighted by molar-refractivity contribution is 0.568. The molecule has 0 fully saturated rings. The first-order valence-corrected chi connectivity index (χ1v) is 32.3. The van der Waals surface area contributed by atoms with E-state index < -0.39 is 0 Å². The lowest BCUT2D eigenvalue weighted by Crippen LogP contribution is -2.61. The van der Waals surface area contributed by atoms with Gasteiger partial charge in [0.15, 0.2) is 5.82 Å². The fourth-order valence-electron chi connectivity index (χ4n) is 14.1. The Labute approximate surface area is 529 Å². The highest BCUT2D eigenvalue weighted by Crippen LogP contribution is 2.52. The van der Waals surface area contributed by atoms with E-state index in [1.54, 1.807) is 0 Å². The Morgan fingerprint density at radius 3 is 1.07 bits per heavy atom. The summed E-state index contributed by atoms with van der Waals surface area (Å²) in [6, 6.07) is 72.8. The Balaban J connectivity index is 1.19. The standard InChI is InChI=1S/C84H85BN4/c1-79(2,3)54-39-52(40-55(43-54)80(4,5)6)75-68-29-23-24-30-71(68)86-78(87-75)53-41-72-74-73(42-53)89(61-48-58(83(13,14)15)45-59(49-61)84(16,17)18)77-67-34-32-51-26-20-22-28-63(51)65(67)36-38-70(77)85(74)69-37-35-64-62-27-21-19-25-50(62)31-33-66(64)76(69)88(72)60-46-56(81(7,8)9)44-57(47-60)82(10,11)12/h19-49H,1-18H3. The molecule has 0 atom stereocenters. The smallest absolute Gasteiger partial charge is 0.252 e. The first kappa shape index (κ1) is 58.2. The number of aromatic nitrogens is 2. The van der Waals surface area contributed by atoms with Crippen molar-refractivity contribution in [3.63, 3.8) is 0 Å². The molecule has 444 valence electrons. The molecule has 0 saturated heterocycles. The van der Waals surface area contributed by atoms with Crippen LogP contribution in [-0.4, -0.2) is 16.7 Å². The molecule has 2 aliphatic heterocycles. The molecule has 0 N–H and O–H groups in total. The van der Waals surface area contributed by atoms with Crippen molar-refractivity contribution in [1.82, 2.24) is 9.97 Å². The molecule has 4 nitrogen and oxygen atoms in total. The van der Waals surface area contributed by atoms with Crippen LogP contribution >= 0.6 is 0 Å². The van der Waals surface area contributed by atoms with Gasteiger partial charge < -0.3 is 9.80 Å². The zero-order valence-corrected chi connectivity index (χ0v) is 55.8. The minimum Gasteiger partial charge on any atom is -0.311 e. The highest BCUT2D eigenvalue weighted by molar-refractivity contribution is 7.01. The number of para-hydroxylation sites is 1. The molecule has 0 unspecified atom stereocenters. The molecule has 0 radical (unpaired) electrons. The van der Waals surface area contributed by atoms with Crippen LogP contribution in [0.2, 0.25) is 0 Å². The fourth-order valence-corrected chi connectivity index (χ4v) is 14.1. The van der Waals surface area contributed by atoms with Crippen LogP contribution in [0.1, 0.15) is 158 Å². The molecule has 89 heavy (non-hydrogen) atoms. The largest absolute Gasteiger partial charge is 0.311 e. The van der Waals surface area contributed by atoms with E-state index in [4.69, 9.17) is 9.97 Å². The van der Waals surface area contributed by atoms with Crippen LogP contribution in [0.25, 0.3) is 76.6 Å². The fraction of sp³-hybridized carbons (Fsp3) is 0.286. The number of hydrogen-bond donors (Lipinski definition) is 0. The van der Waals surface area contributed by atoms with Crippen molar-refractivity contribution >= 4 is 111 Å².